The molecule has 0 unspecified atom stereocenters. The third-order valence-electron chi connectivity index (χ3n) is 6.37. The van der Waals surface area contributed by atoms with Gasteiger partial charge in [0.05, 0.1) is 5.60 Å². The first kappa shape index (κ1) is 23.3. The van der Waals surface area contributed by atoms with Crippen molar-refractivity contribution in [1.29, 1.82) is 0 Å². The molecule has 2 aromatic rings. The van der Waals surface area contributed by atoms with Gasteiger partial charge in [-0.2, -0.15) is 0 Å². The summed E-state index contributed by atoms with van der Waals surface area (Å²) in [6.07, 6.45) is 4.08. The first-order valence-corrected chi connectivity index (χ1v) is 11.3. The number of aryl methyl sites for hydroxylation is 1. The van der Waals surface area contributed by atoms with Gasteiger partial charge in [-0.05, 0) is 56.7 Å². The van der Waals surface area contributed by atoms with Crippen molar-refractivity contribution < 1.29 is 19.4 Å². The number of carbonyl (C=O) groups is 1. The molecular formula is C26H35NO4. The molecule has 31 heavy (non-hydrogen) atoms. The van der Waals surface area contributed by atoms with Crippen LogP contribution in [0.2, 0.25) is 0 Å². The van der Waals surface area contributed by atoms with Crippen LogP contribution < -0.4 is 4.74 Å². The zero-order chi connectivity index (χ0) is 22.3. The van der Waals surface area contributed by atoms with Crippen molar-refractivity contribution in [3.63, 3.8) is 0 Å². The Bertz CT molecular complexity index is 868. The molecule has 0 aliphatic carbocycles. The van der Waals surface area contributed by atoms with E-state index in [1.807, 2.05) is 60.4 Å². The van der Waals surface area contributed by atoms with Crippen molar-refractivity contribution in [1.82, 2.24) is 4.90 Å². The van der Waals surface area contributed by atoms with Crippen LogP contribution in [0.4, 0.5) is 0 Å². The van der Waals surface area contributed by atoms with Gasteiger partial charge >= 0.3 is 0 Å². The Labute approximate surface area is 186 Å². The topological polar surface area (TPSA) is 59.0 Å². The number of methoxy groups -OCH3 is 1. The molecule has 1 amide bonds. The second kappa shape index (κ2) is 10.8. The van der Waals surface area contributed by atoms with Crippen LogP contribution in [-0.4, -0.2) is 42.7 Å². The number of ether oxygens (including phenoxy) is 2. The quantitative estimate of drug-likeness (QED) is 0.571. The Morgan fingerprint density at radius 3 is 2.55 bits per heavy atom. The second-order valence-corrected chi connectivity index (χ2v) is 8.54. The number of para-hydroxylation sites is 2. The molecule has 2 atom stereocenters. The molecule has 0 saturated carbocycles. The summed E-state index contributed by atoms with van der Waals surface area (Å²) in [6.45, 7) is 5.61. The molecule has 5 nitrogen and oxygen atoms in total. The van der Waals surface area contributed by atoms with E-state index in [0.29, 0.717) is 25.3 Å². The molecule has 1 N–H and O–H groups in total. The maximum atomic E-state index is 12.2. The standard InChI is InChI=1S/C26H35NO4/c1-20-11-4-6-14-24(20)31-25-15-7-5-13-23(25)26(29,16-8-9-18-30-3)22-12-10-17-27(19-22)21(2)28/h4-7,11,13-15,22,29H,8-10,12,16-19H2,1-3H3/t22-,26+/m1/s1. The average molecular weight is 426 g/mol. The summed E-state index contributed by atoms with van der Waals surface area (Å²) in [5.41, 5.74) is 0.758. The molecule has 0 spiro atoms. The summed E-state index contributed by atoms with van der Waals surface area (Å²) in [4.78, 5) is 13.9. The summed E-state index contributed by atoms with van der Waals surface area (Å²) < 4.78 is 11.5. The Morgan fingerprint density at radius 1 is 1.13 bits per heavy atom. The number of carbonyl (C=O) groups excluding carboxylic acids is 1. The van der Waals surface area contributed by atoms with Crippen molar-refractivity contribution in [2.75, 3.05) is 26.8 Å². The minimum Gasteiger partial charge on any atom is -0.457 e. The number of aliphatic hydroxyl groups is 1. The summed E-state index contributed by atoms with van der Waals surface area (Å²) >= 11 is 0. The van der Waals surface area contributed by atoms with Crippen LogP contribution in [0.25, 0.3) is 0 Å². The molecule has 5 heteroatoms. The van der Waals surface area contributed by atoms with Crippen LogP contribution in [0.3, 0.4) is 0 Å². The van der Waals surface area contributed by atoms with Gasteiger partial charge in [-0.3, -0.25) is 4.79 Å². The van der Waals surface area contributed by atoms with E-state index in [9.17, 15) is 9.90 Å². The van der Waals surface area contributed by atoms with Gasteiger partial charge in [0.15, 0.2) is 0 Å². The lowest BCUT2D eigenvalue weighted by molar-refractivity contribution is -0.134. The van der Waals surface area contributed by atoms with E-state index in [0.717, 1.165) is 49.1 Å². The molecule has 0 radical (unpaired) electrons. The van der Waals surface area contributed by atoms with Gasteiger partial charge in [-0.1, -0.05) is 36.4 Å². The highest BCUT2D eigenvalue weighted by molar-refractivity contribution is 5.73. The fourth-order valence-electron chi connectivity index (χ4n) is 4.56. The fourth-order valence-corrected chi connectivity index (χ4v) is 4.56. The van der Waals surface area contributed by atoms with Crippen LogP contribution in [-0.2, 0) is 15.1 Å². The summed E-state index contributed by atoms with van der Waals surface area (Å²) in [7, 11) is 1.70. The Balaban J connectivity index is 1.95. The number of unbranched alkanes of at least 4 members (excludes halogenated alkanes) is 1. The van der Waals surface area contributed by atoms with E-state index >= 15 is 0 Å². The number of hydrogen-bond donors (Lipinski definition) is 1. The normalized spacial score (nSPS) is 18.5. The number of amides is 1. The van der Waals surface area contributed by atoms with Crippen LogP contribution in [0.5, 0.6) is 11.5 Å². The summed E-state index contributed by atoms with van der Waals surface area (Å²) in [5, 5.41) is 12.2. The number of likely N-dealkylation sites (tertiary alicyclic amines) is 1. The molecule has 0 aromatic heterocycles. The number of benzene rings is 2. The van der Waals surface area contributed by atoms with E-state index in [2.05, 4.69) is 0 Å². The molecule has 0 bridgehead atoms. The minimum absolute atomic E-state index is 0.0469. The SMILES string of the molecule is COCCCC[C@@](O)(c1ccccc1Oc1ccccc1C)[C@@H]1CCCN(C(C)=O)C1. The van der Waals surface area contributed by atoms with E-state index in [4.69, 9.17) is 9.47 Å². The highest BCUT2D eigenvalue weighted by atomic mass is 16.5. The van der Waals surface area contributed by atoms with Gasteiger partial charge in [0.2, 0.25) is 5.91 Å². The highest BCUT2D eigenvalue weighted by Gasteiger charge is 2.42. The number of hydrogen-bond acceptors (Lipinski definition) is 4. The van der Waals surface area contributed by atoms with E-state index in [-0.39, 0.29) is 11.8 Å². The average Bonchev–Trinajstić information content (AvgIpc) is 2.78. The lowest BCUT2D eigenvalue weighted by Crippen LogP contribution is -2.47. The number of piperidine rings is 1. The van der Waals surface area contributed by atoms with Gasteiger partial charge in [0, 0.05) is 45.2 Å². The molecule has 1 heterocycles. The van der Waals surface area contributed by atoms with E-state index in [1.165, 1.54) is 0 Å². The summed E-state index contributed by atoms with van der Waals surface area (Å²) in [6, 6.07) is 15.7. The van der Waals surface area contributed by atoms with Crippen molar-refractivity contribution >= 4 is 5.91 Å². The fraction of sp³-hybridized carbons (Fsp3) is 0.500. The van der Waals surface area contributed by atoms with Crippen LogP contribution in [0.1, 0.15) is 50.2 Å². The zero-order valence-electron chi connectivity index (χ0n) is 19.0. The second-order valence-electron chi connectivity index (χ2n) is 8.54. The molecule has 1 aliphatic heterocycles. The molecule has 1 fully saturated rings. The van der Waals surface area contributed by atoms with Crippen molar-refractivity contribution in [2.24, 2.45) is 5.92 Å². The first-order valence-electron chi connectivity index (χ1n) is 11.3. The first-order chi connectivity index (χ1) is 15.0. The third kappa shape index (κ3) is 5.66. The number of rotatable bonds is 9. The van der Waals surface area contributed by atoms with Crippen molar-refractivity contribution in [3.05, 3.63) is 59.7 Å². The highest BCUT2D eigenvalue weighted by Crippen LogP contribution is 2.44. The Hall–Kier alpha value is -2.37. The van der Waals surface area contributed by atoms with Gasteiger partial charge in [0.1, 0.15) is 11.5 Å². The third-order valence-corrected chi connectivity index (χ3v) is 6.37. The Morgan fingerprint density at radius 2 is 1.84 bits per heavy atom. The van der Waals surface area contributed by atoms with Gasteiger partial charge in [-0.15, -0.1) is 0 Å². The van der Waals surface area contributed by atoms with Gasteiger partial charge in [0.25, 0.3) is 0 Å². The molecule has 168 valence electrons. The van der Waals surface area contributed by atoms with E-state index < -0.39 is 5.60 Å². The van der Waals surface area contributed by atoms with Crippen molar-refractivity contribution in [3.8, 4) is 11.5 Å². The zero-order valence-corrected chi connectivity index (χ0v) is 19.0. The largest absolute Gasteiger partial charge is 0.457 e. The maximum absolute atomic E-state index is 12.2. The maximum Gasteiger partial charge on any atom is 0.219 e. The number of nitrogens with zero attached hydrogens (tertiary/aromatic N) is 1. The van der Waals surface area contributed by atoms with Gasteiger partial charge < -0.3 is 19.5 Å². The molecule has 1 aliphatic rings. The van der Waals surface area contributed by atoms with Crippen molar-refractivity contribution in [2.45, 2.75) is 51.6 Å². The van der Waals surface area contributed by atoms with E-state index in [1.54, 1.807) is 14.0 Å². The Kier molecular flexibility index (Phi) is 8.10. The lowest BCUT2D eigenvalue weighted by atomic mass is 9.73. The molecule has 1 saturated heterocycles. The van der Waals surface area contributed by atoms with Crippen LogP contribution in [0, 0.1) is 12.8 Å². The molecular weight excluding hydrogens is 390 g/mol. The minimum atomic E-state index is -1.08. The molecule has 3 rings (SSSR count). The summed E-state index contributed by atoms with van der Waals surface area (Å²) in [5.74, 6) is 1.47. The molecule has 2 aromatic carbocycles. The smallest absolute Gasteiger partial charge is 0.219 e. The van der Waals surface area contributed by atoms with Crippen LogP contribution in [0.15, 0.2) is 48.5 Å². The monoisotopic (exact) mass is 425 g/mol. The predicted molar refractivity (Wildman–Crippen MR) is 122 cm³/mol. The predicted octanol–water partition coefficient (Wildman–Crippen LogP) is 5.05. The lowest BCUT2D eigenvalue weighted by Gasteiger charge is -2.43. The van der Waals surface area contributed by atoms with Gasteiger partial charge in [-0.25, -0.2) is 0 Å². The van der Waals surface area contributed by atoms with Crippen LogP contribution >= 0.6 is 0 Å².